The van der Waals surface area contributed by atoms with Gasteiger partial charge in [-0.1, -0.05) is 29.8 Å². The molecule has 0 bridgehead atoms. The van der Waals surface area contributed by atoms with Crippen LogP contribution in [0.25, 0.3) is 10.6 Å². The van der Waals surface area contributed by atoms with E-state index in [1.165, 1.54) is 18.1 Å². The number of aryl methyl sites for hydroxylation is 1. The van der Waals surface area contributed by atoms with Crippen molar-refractivity contribution >= 4 is 17.2 Å². The molecule has 0 saturated heterocycles. The zero-order chi connectivity index (χ0) is 14.8. The van der Waals surface area contributed by atoms with Crippen molar-refractivity contribution in [2.45, 2.75) is 13.5 Å². The number of thiazole rings is 1. The van der Waals surface area contributed by atoms with Crippen LogP contribution in [0.4, 0.5) is 5.82 Å². The molecule has 0 aliphatic rings. The molecule has 0 saturated carbocycles. The van der Waals surface area contributed by atoms with Crippen LogP contribution in [-0.4, -0.2) is 19.5 Å². The summed E-state index contributed by atoms with van der Waals surface area (Å²) in [7, 11) is 0. The lowest BCUT2D eigenvalue weighted by Crippen LogP contribution is -1.96. The van der Waals surface area contributed by atoms with E-state index in [0.717, 1.165) is 16.3 Å². The van der Waals surface area contributed by atoms with Gasteiger partial charge >= 0.3 is 5.82 Å². The van der Waals surface area contributed by atoms with Crippen molar-refractivity contribution in [2.24, 2.45) is 0 Å². The first kappa shape index (κ1) is 13.4. The van der Waals surface area contributed by atoms with Gasteiger partial charge < -0.3 is 14.7 Å². The summed E-state index contributed by atoms with van der Waals surface area (Å²) >= 11 is 1.56. The Balaban J connectivity index is 1.78. The largest absolute Gasteiger partial charge is 0.381 e. The zero-order valence-corrected chi connectivity index (χ0v) is 12.1. The molecule has 106 valence electrons. The van der Waals surface area contributed by atoms with Crippen molar-refractivity contribution < 1.29 is 4.92 Å². The monoisotopic (exact) mass is 300 g/mol. The molecule has 0 unspecified atom stereocenters. The number of nitrogens with zero attached hydrogens (tertiary/aromatic N) is 4. The maximum Gasteiger partial charge on any atom is 0.381 e. The molecule has 1 aromatic carbocycles. The maximum absolute atomic E-state index is 10.6. The second-order valence-corrected chi connectivity index (χ2v) is 5.53. The van der Waals surface area contributed by atoms with Crippen molar-refractivity contribution in [1.29, 1.82) is 0 Å². The molecule has 2 aromatic heterocycles. The van der Waals surface area contributed by atoms with Crippen LogP contribution in [0, 0.1) is 17.0 Å². The molecule has 0 aliphatic carbocycles. The summed E-state index contributed by atoms with van der Waals surface area (Å²) < 4.78 is 1.66. The van der Waals surface area contributed by atoms with E-state index in [1.54, 1.807) is 15.9 Å². The van der Waals surface area contributed by atoms with Crippen LogP contribution in [-0.2, 0) is 6.54 Å². The smallest absolute Gasteiger partial charge is 0.358 e. The molecule has 0 fully saturated rings. The maximum atomic E-state index is 10.6. The highest BCUT2D eigenvalue weighted by atomic mass is 32.1. The van der Waals surface area contributed by atoms with Crippen LogP contribution in [0.2, 0.25) is 0 Å². The number of hydrogen-bond donors (Lipinski definition) is 0. The summed E-state index contributed by atoms with van der Waals surface area (Å²) in [6.07, 6.45) is 2.86. The lowest BCUT2D eigenvalue weighted by molar-refractivity contribution is -0.389. The third kappa shape index (κ3) is 2.97. The first-order valence-electron chi connectivity index (χ1n) is 6.29. The van der Waals surface area contributed by atoms with Crippen molar-refractivity contribution in [1.82, 2.24) is 14.5 Å². The van der Waals surface area contributed by atoms with Gasteiger partial charge in [0.1, 0.15) is 11.2 Å². The van der Waals surface area contributed by atoms with Crippen molar-refractivity contribution in [3.63, 3.8) is 0 Å². The lowest BCUT2D eigenvalue weighted by Gasteiger charge is -1.97. The molecule has 0 amide bonds. The van der Waals surface area contributed by atoms with Gasteiger partial charge in [0.05, 0.1) is 12.2 Å². The van der Waals surface area contributed by atoms with E-state index in [0.29, 0.717) is 6.54 Å². The summed E-state index contributed by atoms with van der Waals surface area (Å²) in [6.45, 7) is 2.52. The first-order valence-corrected chi connectivity index (χ1v) is 7.17. The second kappa shape index (κ2) is 5.45. The topological polar surface area (TPSA) is 73.8 Å². The van der Waals surface area contributed by atoms with Crippen LogP contribution in [0.5, 0.6) is 0 Å². The Kier molecular flexibility index (Phi) is 3.49. The van der Waals surface area contributed by atoms with Gasteiger partial charge in [-0.05, 0) is 16.8 Å². The molecule has 6 nitrogen and oxygen atoms in total. The Labute approximate surface area is 124 Å². The van der Waals surface area contributed by atoms with Crippen molar-refractivity contribution in [3.8, 4) is 10.6 Å². The number of aromatic nitrogens is 3. The highest BCUT2D eigenvalue weighted by Gasteiger charge is 2.11. The minimum atomic E-state index is -0.505. The Hall–Kier alpha value is -2.54. The summed E-state index contributed by atoms with van der Waals surface area (Å²) in [5.74, 6) is -0.149. The highest BCUT2D eigenvalue weighted by Crippen LogP contribution is 2.24. The minimum absolute atomic E-state index is 0.149. The van der Waals surface area contributed by atoms with E-state index < -0.39 is 4.92 Å². The Morgan fingerprint density at radius 1 is 1.33 bits per heavy atom. The molecule has 0 radical (unpaired) electrons. The number of imidazole rings is 1. The summed E-state index contributed by atoms with van der Waals surface area (Å²) in [5.41, 5.74) is 3.15. The Bertz CT molecular complexity index is 776. The van der Waals surface area contributed by atoms with E-state index in [-0.39, 0.29) is 5.82 Å². The number of nitro groups is 1. The van der Waals surface area contributed by atoms with E-state index in [1.807, 2.05) is 24.4 Å². The van der Waals surface area contributed by atoms with Crippen molar-refractivity contribution in [2.75, 3.05) is 0 Å². The van der Waals surface area contributed by atoms with Gasteiger partial charge in [-0.15, -0.1) is 11.3 Å². The molecule has 3 aromatic rings. The van der Waals surface area contributed by atoms with Gasteiger partial charge in [-0.3, -0.25) is 0 Å². The second-order valence-electron chi connectivity index (χ2n) is 4.67. The quantitative estimate of drug-likeness (QED) is 0.547. The molecule has 0 N–H and O–H groups in total. The Morgan fingerprint density at radius 3 is 2.76 bits per heavy atom. The fourth-order valence-electron chi connectivity index (χ4n) is 1.92. The van der Waals surface area contributed by atoms with Gasteiger partial charge in [0.25, 0.3) is 0 Å². The predicted molar refractivity (Wildman–Crippen MR) is 80.3 cm³/mol. The first-order chi connectivity index (χ1) is 10.1. The van der Waals surface area contributed by atoms with E-state index in [2.05, 4.69) is 22.1 Å². The van der Waals surface area contributed by atoms with Crippen LogP contribution in [0.3, 0.4) is 0 Å². The molecule has 0 atom stereocenters. The summed E-state index contributed by atoms with van der Waals surface area (Å²) in [6, 6.07) is 8.19. The van der Waals surface area contributed by atoms with Crippen LogP contribution in [0.1, 0.15) is 11.3 Å². The van der Waals surface area contributed by atoms with Crippen molar-refractivity contribution in [3.05, 3.63) is 63.5 Å². The third-order valence-electron chi connectivity index (χ3n) is 3.00. The molecule has 7 heteroatoms. The van der Waals surface area contributed by atoms with Crippen LogP contribution in [0.15, 0.2) is 42.2 Å². The molecule has 2 heterocycles. The van der Waals surface area contributed by atoms with Gasteiger partial charge in [0.2, 0.25) is 6.33 Å². The van der Waals surface area contributed by atoms with Gasteiger partial charge in [-0.25, -0.2) is 4.98 Å². The van der Waals surface area contributed by atoms with Crippen LogP contribution < -0.4 is 0 Å². The zero-order valence-electron chi connectivity index (χ0n) is 11.3. The van der Waals surface area contributed by atoms with Gasteiger partial charge in [-0.2, -0.15) is 0 Å². The number of benzene rings is 1. The fourth-order valence-corrected chi connectivity index (χ4v) is 2.74. The SMILES string of the molecule is Cc1ccc(-c2nc(Cn3cnc([N+](=O)[O-])c3)cs2)cc1. The normalized spacial score (nSPS) is 10.7. The van der Waals surface area contributed by atoms with E-state index >= 15 is 0 Å². The average Bonchev–Trinajstić information content (AvgIpc) is 3.10. The minimum Gasteiger partial charge on any atom is -0.358 e. The lowest BCUT2D eigenvalue weighted by atomic mass is 10.2. The summed E-state index contributed by atoms with van der Waals surface area (Å²) in [5, 5.41) is 13.5. The van der Waals surface area contributed by atoms with E-state index in [9.17, 15) is 10.1 Å². The molecule has 0 spiro atoms. The number of rotatable bonds is 4. The standard InChI is InChI=1S/C14H12N4O2S/c1-10-2-4-11(5-3-10)14-16-12(8-21-14)6-17-7-13(15-9-17)18(19)20/h2-5,7-9H,6H2,1H3. The molecule has 21 heavy (non-hydrogen) atoms. The van der Waals surface area contributed by atoms with Crippen LogP contribution >= 0.6 is 11.3 Å². The highest BCUT2D eigenvalue weighted by molar-refractivity contribution is 7.13. The predicted octanol–water partition coefficient (Wildman–Crippen LogP) is 3.27. The number of hydrogen-bond acceptors (Lipinski definition) is 5. The Morgan fingerprint density at radius 2 is 2.10 bits per heavy atom. The molecular weight excluding hydrogens is 288 g/mol. The fraction of sp³-hybridized carbons (Fsp3) is 0.143. The molecular formula is C14H12N4O2S. The molecule has 0 aliphatic heterocycles. The average molecular weight is 300 g/mol. The van der Waals surface area contributed by atoms with Gasteiger partial charge in [0.15, 0.2) is 0 Å². The third-order valence-corrected chi connectivity index (χ3v) is 3.94. The van der Waals surface area contributed by atoms with E-state index in [4.69, 9.17) is 0 Å². The molecule has 3 rings (SSSR count). The van der Waals surface area contributed by atoms with Gasteiger partial charge in [0, 0.05) is 10.9 Å². The summed E-state index contributed by atoms with van der Waals surface area (Å²) in [4.78, 5) is 18.4.